The molecule has 4 nitrogen and oxygen atoms in total. The van der Waals surface area contributed by atoms with Crippen molar-refractivity contribution < 1.29 is 19.4 Å². The number of rotatable bonds is 2. The van der Waals surface area contributed by atoms with Crippen LogP contribution in [0.1, 0.15) is 39.5 Å². The number of carbonyl (C=O) groups is 2. The van der Waals surface area contributed by atoms with Gasteiger partial charge in [-0.15, -0.1) is 0 Å². The molecule has 1 N–H and O–H groups in total. The topological polar surface area (TPSA) is 63.6 Å². The highest BCUT2D eigenvalue weighted by Gasteiger charge is 2.64. The van der Waals surface area contributed by atoms with Crippen molar-refractivity contribution in [2.75, 3.05) is 0 Å². The molecular weight excluding hydrogens is 280 g/mol. The SMILES string of the molecule is C[C@@]1(C(=O)Oc2ccccc2)C(=O)C(O)=C2CCCC[C@@]21C. The van der Waals surface area contributed by atoms with Crippen molar-refractivity contribution in [1.82, 2.24) is 0 Å². The van der Waals surface area contributed by atoms with Crippen LogP contribution in [0.4, 0.5) is 0 Å². The molecule has 3 rings (SSSR count). The fourth-order valence-electron chi connectivity index (χ4n) is 3.78. The number of hydrogen-bond donors (Lipinski definition) is 1. The number of fused-ring (bicyclic) bond motifs is 1. The van der Waals surface area contributed by atoms with Crippen LogP contribution in [0.25, 0.3) is 0 Å². The smallest absolute Gasteiger partial charge is 0.326 e. The molecule has 0 aromatic heterocycles. The quantitative estimate of drug-likeness (QED) is 0.515. The van der Waals surface area contributed by atoms with Gasteiger partial charge >= 0.3 is 5.97 Å². The van der Waals surface area contributed by atoms with E-state index >= 15 is 0 Å². The molecule has 2 aliphatic rings. The maximum absolute atomic E-state index is 12.8. The molecule has 1 aromatic carbocycles. The second-order valence-electron chi connectivity index (χ2n) is 6.52. The summed E-state index contributed by atoms with van der Waals surface area (Å²) < 4.78 is 5.44. The number of para-hydroxylation sites is 1. The van der Waals surface area contributed by atoms with Crippen LogP contribution in [0, 0.1) is 10.8 Å². The zero-order chi connectivity index (χ0) is 16.0. The Labute approximate surface area is 129 Å². The zero-order valence-corrected chi connectivity index (χ0v) is 12.9. The monoisotopic (exact) mass is 300 g/mol. The predicted molar refractivity (Wildman–Crippen MR) is 81.4 cm³/mol. The van der Waals surface area contributed by atoms with Gasteiger partial charge in [0.1, 0.15) is 11.2 Å². The Bertz CT molecular complexity index is 661. The van der Waals surface area contributed by atoms with Crippen LogP contribution in [0.3, 0.4) is 0 Å². The predicted octanol–water partition coefficient (Wildman–Crippen LogP) is 3.57. The second-order valence-corrected chi connectivity index (χ2v) is 6.52. The number of esters is 1. The molecule has 0 amide bonds. The summed E-state index contributed by atoms with van der Waals surface area (Å²) in [6.45, 7) is 3.50. The summed E-state index contributed by atoms with van der Waals surface area (Å²) in [6, 6.07) is 8.72. The highest BCUT2D eigenvalue weighted by Crippen LogP contribution is 2.59. The van der Waals surface area contributed by atoms with Gasteiger partial charge in [0.15, 0.2) is 5.76 Å². The minimum absolute atomic E-state index is 0.227. The molecule has 1 fully saturated rings. The molecule has 0 unspecified atom stereocenters. The Morgan fingerprint density at radius 1 is 1.18 bits per heavy atom. The van der Waals surface area contributed by atoms with Gasteiger partial charge in [0, 0.05) is 5.41 Å². The molecule has 1 aromatic rings. The van der Waals surface area contributed by atoms with Gasteiger partial charge in [-0.05, 0) is 43.9 Å². The van der Waals surface area contributed by atoms with Crippen molar-refractivity contribution in [2.45, 2.75) is 39.5 Å². The summed E-state index contributed by atoms with van der Waals surface area (Å²) in [6.07, 6.45) is 3.25. The maximum atomic E-state index is 12.8. The molecule has 2 aliphatic carbocycles. The molecule has 116 valence electrons. The van der Waals surface area contributed by atoms with E-state index in [0.29, 0.717) is 18.6 Å². The number of aliphatic hydroxyl groups excluding tert-OH is 1. The summed E-state index contributed by atoms with van der Waals surface area (Å²) in [5.74, 6) is -0.911. The first kappa shape index (κ1) is 14.8. The van der Waals surface area contributed by atoms with E-state index in [1.807, 2.05) is 13.0 Å². The number of aliphatic hydroxyl groups is 1. The summed E-state index contributed by atoms with van der Waals surface area (Å²) >= 11 is 0. The van der Waals surface area contributed by atoms with Crippen LogP contribution < -0.4 is 4.74 Å². The van der Waals surface area contributed by atoms with Gasteiger partial charge in [0.25, 0.3) is 0 Å². The standard InChI is InChI=1S/C18H20O4/c1-17-11-7-6-10-13(17)14(19)15(20)18(17,2)16(21)22-12-8-4-3-5-9-12/h3-5,8-9,19H,6-7,10-11H2,1-2H3/t17-,18-/m0/s1. The minimum atomic E-state index is -1.36. The van der Waals surface area contributed by atoms with Gasteiger partial charge < -0.3 is 9.84 Å². The second kappa shape index (κ2) is 4.97. The Morgan fingerprint density at radius 3 is 2.55 bits per heavy atom. The molecule has 0 aliphatic heterocycles. The molecule has 0 bridgehead atoms. The number of carbonyl (C=O) groups excluding carboxylic acids is 2. The Kier molecular flexibility index (Phi) is 3.35. The summed E-state index contributed by atoms with van der Waals surface area (Å²) in [7, 11) is 0. The molecular formula is C18H20O4. The van der Waals surface area contributed by atoms with E-state index in [4.69, 9.17) is 4.74 Å². The third kappa shape index (κ3) is 1.83. The van der Waals surface area contributed by atoms with E-state index in [9.17, 15) is 14.7 Å². The first-order valence-corrected chi connectivity index (χ1v) is 7.66. The van der Waals surface area contributed by atoms with Crippen molar-refractivity contribution in [2.24, 2.45) is 10.8 Å². The number of allylic oxidation sites excluding steroid dienone is 2. The third-order valence-corrected chi connectivity index (χ3v) is 5.44. The van der Waals surface area contributed by atoms with E-state index in [2.05, 4.69) is 0 Å². The van der Waals surface area contributed by atoms with Crippen molar-refractivity contribution >= 4 is 11.8 Å². The largest absolute Gasteiger partial charge is 0.504 e. The van der Waals surface area contributed by atoms with E-state index in [-0.39, 0.29) is 5.76 Å². The van der Waals surface area contributed by atoms with Crippen LogP contribution in [0.2, 0.25) is 0 Å². The van der Waals surface area contributed by atoms with Crippen LogP contribution in [0.15, 0.2) is 41.7 Å². The van der Waals surface area contributed by atoms with E-state index < -0.39 is 22.6 Å². The lowest BCUT2D eigenvalue weighted by Gasteiger charge is -2.41. The van der Waals surface area contributed by atoms with Gasteiger partial charge in [0.2, 0.25) is 5.78 Å². The number of ketones is 1. The van der Waals surface area contributed by atoms with Gasteiger partial charge in [-0.3, -0.25) is 9.59 Å². The normalized spacial score (nSPS) is 31.1. The molecule has 0 heterocycles. The summed E-state index contributed by atoms with van der Waals surface area (Å²) in [4.78, 5) is 25.4. The van der Waals surface area contributed by atoms with Crippen molar-refractivity contribution in [3.8, 4) is 5.75 Å². The van der Waals surface area contributed by atoms with Crippen LogP contribution in [-0.4, -0.2) is 16.9 Å². The van der Waals surface area contributed by atoms with Gasteiger partial charge in [-0.2, -0.15) is 0 Å². The van der Waals surface area contributed by atoms with Crippen LogP contribution >= 0.6 is 0 Å². The first-order chi connectivity index (χ1) is 10.4. The molecule has 22 heavy (non-hydrogen) atoms. The van der Waals surface area contributed by atoms with Gasteiger partial charge in [0.05, 0.1) is 0 Å². The minimum Gasteiger partial charge on any atom is -0.504 e. The van der Waals surface area contributed by atoms with Gasteiger partial charge in [-0.25, -0.2) is 0 Å². The third-order valence-electron chi connectivity index (χ3n) is 5.44. The first-order valence-electron chi connectivity index (χ1n) is 7.66. The van der Waals surface area contributed by atoms with E-state index in [1.165, 1.54) is 0 Å². The van der Waals surface area contributed by atoms with Crippen molar-refractivity contribution in [1.29, 1.82) is 0 Å². The number of Topliss-reactive ketones (excluding diaryl/α,β-unsaturated/α-hetero) is 1. The van der Waals surface area contributed by atoms with Crippen molar-refractivity contribution in [3.63, 3.8) is 0 Å². The molecule has 0 radical (unpaired) electrons. The lowest BCUT2D eigenvalue weighted by Crippen LogP contribution is -2.49. The number of benzene rings is 1. The molecule has 1 saturated carbocycles. The molecule has 2 atom stereocenters. The Hall–Kier alpha value is -2.10. The molecule has 0 spiro atoms. The Morgan fingerprint density at radius 2 is 1.86 bits per heavy atom. The number of hydrogen-bond acceptors (Lipinski definition) is 4. The fraction of sp³-hybridized carbons (Fsp3) is 0.444. The van der Waals surface area contributed by atoms with Crippen molar-refractivity contribution in [3.05, 3.63) is 41.7 Å². The molecule has 0 saturated heterocycles. The zero-order valence-electron chi connectivity index (χ0n) is 12.9. The van der Waals surface area contributed by atoms with Crippen LogP contribution in [0.5, 0.6) is 5.75 Å². The number of ether oxygens (including phenoxy) is 1. The lowest BCUT2D eigenvalue weighted by molar-refractivity contribution is -0.156. The van der Waals surface area contributed by atoms with E-state index in [0.717, 1.165) is 18.4 Å². The summed E-state index contributed by atoms with van der Waals surface area (Å²) in [5, 5.41) is 10.2. The molecule has 4 heteroatoms. The average Bonchev–Trinajstić information content (AvgIpc) is 2.68. The Balaban J connectivity index is 1.98. The van der Waals surface area contributed by atoms with E-state index in [1.54, 1.807) is 31.2 Å². The summed E-state index contributed by atoms with van der Waals surface area (Å²) in [5.41, 5.74) is -1.29. The highest BCUT2D eigenvalue weighted by molar-refractivity contribution is 6.15. The van der Waals surface area contributed by atoms with Crippen LogP contribution in [-0.2, 0) is 9.59 Å². The fourth-order valence-corrected chi connectivity index (χ4v) is 3.78. The average molecular weight is 300 g/mol. The highest BCUT2D eigenvalue weighted by atomic mass is 16.5. The maximum Gasteiger partial charge on any atom is 0.326 e. The lowest BCUT2D eigenvalue weighted by atomic mass is 9.59. The van der Waals surface area contributed by atoms with Gasteiger partial charge in [-0.1, -0.05) is 31.5 Å².